The van der Waals surface area contributed by atoms with Gasteiger partial charge in [0.25, 0.3) is 5.91 Å². The summed E-state index contributed by atoms with van der Waals surface area (Å²) in [6.07, 6.45) is -1.74. The first-order chi connectivity index (χ1) is 7.99. The van der Waals surface area contributed by atoms with Crippen molar-refractivity contribution in [2.75, 3.05) is 0 Å². The largest absolute Gasteiger partial charge is 0.508 e. The second-order valence-corrected chi connectivity index (χ2v) is 3.92. The van der Waals surface area contributed by atoms with E-state index in [1.807, 2.05) is 0 Å². The van der Waals surface area contributed by atoms with Crippen LogP contribution in [0.4, 0.5) is 8.78 Å². The first-order valence-corrected chi connectivity index (χ1v) is 5.35. The van der Waals surface area contributed by atoms with Crippen molar-refractivity contribution in [3.05, 3.63) is 29.8 Å². The third kappa shape index (κ3) is 4.80. The molecule has 5 heteroatoms. The lowest BCUT2D eigenvalue weighted by Gasteiger charge is -2.13. The second kappa shape index (κ2) is 6.18. The van der Waals surface area contributed by atoms with Crippen LogP contribution >= 0.6 is 0 Å². The minimum absolute atomic E-state index is 0.188. The number of hydrogen-bond acceptors (Lipinski definition) is 2. The van der Waals surface area contributed by atoms with Crippen LogP contribution in [0.5, 0.6) is 5.75 Å². The van der Waals surface area contributed by atoms with Gasteiger partial charge in [0, 0.05) is 6.04 Å². The summed E-state index contributed by atoms with van der Waals surface area (Å²) in [6, 6.07) is 6.36. The van der Waals surface area contributed by atoms with Crippen molar-refractivity contribution < 1.29 is 18.7 Å². The minimum atomic E-state index is -2.97. The molecule has 0 heterocycles. The van der Waals surface area contributed by atoms with E-state index < -0.39 is 12.3 Å². The molecule has 0 aromatic heterocycles. The van der Waals surface area contributed by atoms with E-state index in [1.165, 1.54) is 0 Å². The fraction of sp³-hybridized carbons (Fsp3) is 0.417. The van der Waals surface area contributed by atoms with Crippen molar-refractivity contribution in [2.24, 2.45) is 0 Å². The zero-order valence-electron chi connectivity index (χ0n) is 9.49. The van der Waals surface area contributed by atoms with Gasteiger partial charge in [0.2, 0.25) is 0 Å². The molecular formula is C12H15F2NO2. The summed E-state index contributed by atoms with van der Waals surface area (Å²) >= 11 is 0. The number of carbonyl (C=O) groups is 1. The van der Waals surface area contributed by atoms with Crippen molar-refractivity contribution in [1.29, 1.82) is 0 Å². The molecule has 1 aromatic rings. The second-order valence-electron chi connectivity index (χ2n) is 3.92. The number of rotatable bonds is 5. The van der Waals surface area contributed by atoms with Crippen LogP contribution in [0.1, 0.15) is 18.9 Å². The molecule has 0 radical (unpaired) electrons. The Labute approximate surface area is 98.5 Å². The number of hydrogen-bond donors (Lipinski definition) is 2. The number of aryl methyl sites for hydroxylation is 1. The minimum Gasteiger partial charge on any atom is -0.508 e. The van der Waals surface area contributed by atoms with Crippen molar-refractivity contribution in [1.82, 2.24) is 5.32 Å². The topological polar surface area (TPSA) is 49.3 Å². The van der Waals surface area contributed by atoms with Crippen LogP contribution in [0, 0.1) is 0 Å². The predicted octanol–water partition coefficient (Wildman–Crippen LogP) is 2.09. The number of carbonyl (C=O) groups excluding carboxylic acids is 1. The SMILES string of the molecule is CC(CCc1ccc(O)cc1)NC(=O)C(F)F. The van der Waals surface area contributed by atoms with Gasteiger partial charge < -0.3 is 10.4 Å². The van der Waals surface area contributed by atoms with E-state index in [1.54, 1.807) is 31.2 Å². The Kier molecular flexibility index (Phi) is 4.87. The molecule has 0 aliphatic carbocycles. The number of nitrogens with one attached hydrogen (secondary N) is 1. The van der Waals surface area contributed by atoms with Gasteiger partial charge in [0.15, 0.2) is 0 Å². The fourth-order valence-corrected chi connectivity index (χ4v) is 1.42. The summed E-state index contributed by atoms with van der Waals surface area (Å²) in [4.78, 5) is 10.7. The number of phenols is 1. The zero-order valence-corrected chi connectivity index (χ0v) is 9.49. The lowest BCUT2D eigenvalue weighted by Crippen LogP contribution is -2.36. The van der Waals surface area contributed by atoms with E-state index in [-0.39, 0.29) is 11.8 Å². The molecule has 17 heavy (non-hydrogen) atoms. The van der Waals surface area contributed by atoms with Gasteiger partial charge in [-0.15, -0.1) is 0 Å². The summed E-state index contributed by atoms with van der Waals surface area (Å²) in [5.41, 5.74) is 0.987. The zero-order chi connectivity index (χ0) is 12.8. The monoisotopic (exact) mass is 243 g/mol. The normalized spacial score (nSPS) is 12.5. The highest BCUT2D eigenvalue weighted by atomic mass is 19.3. The molecule has 1 aromatic carbocycles. The van der Waals surface area contributed by atoms with Gasteiger partial charge in [0.05, 0.1) is 0 Å². The summed E-state index contributed by atoms with van der Waals surface area (Å²) in [7, 11) is 0. The summed E-state index contributed by atoms with van der Waals surface area (Å²) in [5, 5.41) is 11.3. The number of alkyl halides is 2. The van der Waals surface area contributed by atoms with Gasteiger partial charge in [-0.3, -0.25) is 4.79 Å². The molecule has 0 fully saturated rings. The summed E-state index contributed by atoms with van der Waals surface area (Å²) in [6.45, 7) is 1.68. The maximum atomic E-state index is 12.0. The van der Waals surface area contributed by atoms with Gasteiger partial charge in [-0.25, -0.2) is 0 Å². The molecule has 1 unspecified atom stereocenters. The van der Waals surface area contributed by atoms with E-state index >= 15 is 0 Å². The molecular weight excluding hydrogens is 228 g/mol. The highest BCUT2D eigenvalue weighted by molar-refractivity contribution is 5.79. The van der Waals surface area contributed by atoms with E-state index in [9.17, 15) is 13.6 Å². The van der Waals surface area contributed by atoms with Gasteiger partial charge in [-0.05, 0) is 37.5 Å². The molecule has 1 amide bonds. The van der Waals surface area contributed by atoms with E-state index in [2.05, 4.69) is 5.32 Å². The van der Waals surface area contributed by atoms with Gasteiger partial charge in [-0.2, -0.15) is 8.78 Å². The standard InChI is InChI=1S/C12H15F2NO2/c1-8(15-12(17)11(13)14)2-3-9-4-6-10(16)7-5-9/h4-8,11,16H,2-3H2,1H3,(H,15,17). The number of benzene rings is 1. The number of halogens is 2. The maximum absolute atomic E-state index is 12.0. The third-order valence-electron chi connectivity index (χ3n) is 2.39. The molecule has 94 valence electrons. The van der Waals surface area contributed by atoms with E-state index in [0.29, 0.717) is 12.8 Å². The molecule has 0 spiro atoms. The van der Waals surface area contributed by atoms with Crippen molar-refractivity contribution in [3.8, 4) is 5.75 Å². The summed E-state index contributed by atoms with van der Waals surface area (Å²) < 4.78 is 23.9. The van der Waals surface area contributed by atoms with Gasteiger partial charge in [0.1, 0.15) is 5.75 Å². The average molecular weight is 243 g/mol. The first-order valence-electron chi connectivity index (χ1n) is 5.35. The number of amides is 1. The van der Waals surface area contributed by atoms with Crippen LogP contribution in [0.3, 0.4) is 0 Å². The van der Waals surface area contributed by atoms with Gasteiger partial charge >= 0.3 is 6.43 Å². The Balaban J connectivity index is 2.35. The van der Waals surface area contributed by atoms with Crippen LogP contribution in [0.2, 0.25) is 0 Å². The van der Waals surface area contributed by atoms with Crippen LogP contribution in [-0.2, 0) is 11.2 Å². The third-order valence-corrected chi connectivity index (χ3v) is 2.39. The molecule has 2 N–H and O–H groups in total. The molecule has 1 atom stereocenters. The smallest absolute Gasteiger partial charge is 0.315 e. The first kappa shape index (κ1) is 13.4. The van der Waals surface area contributed by atoms with E-state index in [4.69, 9.17) is 5.11 Å². The molecule has 0 saturated heterocycles. The Hall–Kier alpha value is -1.65. The highest BCUT2D eigenvalue weighted by Crippen LogP contribution is 2.12. The Morgan fingerprint density at radius 2 is 1.94 bits per heavy atom. The lowest BCUT2D eigenvalue weighted by molar-refractivity contribution is -0.132. The molecule has 0 aliphatic heterocycles. The Morgan fingerprint density at radius 3 is 2.47 bits per heavy atom. The van der Waals surface area contributed by atoms with E-state index in [0.717, 1.165) is 5.56 Å². The number of aromatic hydroxyl groups is 1. The highest BCUT2D eigenvalue weighted by Gasteiger charge is 2.16. The predicted molar refractivity (Wildman–Crippen MR) is 60.0 cm³/mol. The number of phenolic OH excluding ortho intramolecular Hbond substituents is 1. The van der Waals surface area contributed by atoms with Crippen molar-refractivity contribution in [2.45, 2.75) is 32.2 Å². The molecule has 0 aliphatic rings. The maximum Gasteiger partial charge on any atom is 0.315 e. The van der Waals surface area contributed by atoms with Gasteiger partial charge in [-0.1, -0.05) is 12.1 Å². The quantitative estimate of drug-likeness (QED) is 0.832. The van der Waals surface area contributed by atoms with Crippen LogP contribution < -0.4 is 5.32 Å². The van der Waals surface area contributed by atoms with Crippen molar-refractivity contribution >= 4 is 5.91 Å². The lowest BCUT2D eigenvalue weighted by atomic mass is 10.1. The van der Waals surface area contributed by atoms with Crippen LogP contribution in [0.15, 0.2) is 24.3 Å². The van der Waals surface area contributed by atoms with Crippen LogP contribution in [-0.4, -0.2) is 23.5 Å². The fourth-order valence-electron chi connectivity index (χ4n) is 1.42. The molecule has 3 nitrogen and oxygen atoms in total. The van der Waals surface area contributed by atoms with Crippen molar-refractivity contribution in [3.63, 3.8) is 0 Å². The Morgan fingerprint density at radius 1 is 1.35 bits per heavy atom. The molecule has 1 rings (SSSR count). The molecule has 0 bridgehead atoms. The summed E-state index contributed by atoms with van der Waals surface area (Å²) in [5.74, 6) is -1.05. The molecule has 0 saturated carbocycles. The van der Waals surface area contributed by atoms with Crippen LogP contribution in [0.25, 0.3) is 0 Å². The Bertz CT molecular complexity index is 365. The average Bonchev–Trinajstić information content (AvgIpc) is 2.28.